The largest absolute Gasteiger partial charge is 0.508 e. The van der Waals surface area contributed by atoms with Crippen molar-refractivity contribution in [3.05, 3.63) is 29.8 Å². The van der Waals surface area contributed by atoms with Gasteiger partial charge in [-0.25, -0.2) is 4.79 Å². The number of carbonyl (C=O) groups is 4. The topological polar surface area (TPSA) is 153 Å². The Morgan fingerprint density at radius 3 is 2.17 bits per heavy atom. The summed E-state index contributed by atoms with van der Waals surface area (Å²) in [7, 11) is 0. The molecule has 2 saturated heterocycles. The quantitative estimate of drug-likeness (QED) is 0.402. The second-order valence-electron chi connectivity index (χ2n) is 9.57. The van der Waals surface area contributed by atoms with Gasteiger partial charge < -0.3 is 31.1 Å². The number of hydrogen-bond acceptors (Lipinski definition) is 6. The molecule has 2 fully saturated rings. The van der Waals surface area contributed by atoms with Crippen molar-refractivity contribution in [2.24, 2.45) is 11.7 Å². The van der Waals surface area contributed by atoms with Crippen LogP contribution in [0.25, 0.3) is 0 Å². The highest BCUT2D eigenvalue weighted by Gasteiger charge is 2.42. The number of carboxylic acid groups (broad SMARTS) is 1. The molecule has 5 unspecified atom stereocenters. The van der Waals surface area contributed by atoms with E-state index in [1.807, 2.05) is 13.8 Å². The van der Waals surface area contributed by atoms with Crippen LogP contribution in [0.2, 0.25) is 0 Å². The van der Waals surface area contributed by atoms with E-state index >= 15 is 0 Å². The zero-order valence-corrected chi connectivity index (χ0v) is 20.4. The molecule has 0 bridgehead atoms. The number of benzene rings is 1. The maximum atomic E-state index is 13.3. The minimum Gasteiger partial charge on any atom is -0.508 e. The molecular formula is C25H36N4O6. The summed E-state index contributed by atoms with van der Waals surface area (Å²) < 4.78 is 0. The molecule has 0 radical (unpaired) electrons. The van der Waals surface area contributed by atoms with Crippen LogP contribution in [0.15, 0.2) is 24.3 Å². The first-order valence-electron chi connectivity index (χ1n) is 12.3. The fourth-order valence-electron chi connectivity index (χ4n) is 4.89. The molecule has 0 aliphatic carbocycles. The van der Waals surface area contributed by atoms with Gasteiger partial charge in [0.05, 0.1) is 6.04 Å². The minimum absolute atomic E-state index is 0.124. The number of rotatable bonds is 9. The van der Waals surface area contributed by atoms with Crippen molar-refractivity contribution >= 4 is 23.7 Å². The Hall–Kier alpha value is -3.14. The third kappa shape index (κ3) is 6.11. The lowest BCUT2D eigenvalue weighted by molar-refractivity contribution is -0.150. The Kier molecular flexibility index (Phi) is 8.71. The second kappa shape index (κ2) is 11.5. The molecule has 1 aromatic rings. The average molecular weight is 489 g/mol. The van der Waals surface area contributed by atoms with Crippen molar-refractivity contribution in [3.63, 3.8) is 0 Å². The maximum absolute atomic E-state index is 13.3. The van der Waals surface area contributed by atoms with E-state index in [1.54, 1.807) is 12.1 Å². The molecule has 192 valence electrons. The summed E-state index contributed by atoms with van der Waals surface area (Å²) in [6.45, 7) is 4.50. The van der Waals surface area contributed by atoms with E-state index in [0.29, 0.717) is 45.2 Å². The number of aromatic hydroxyl groups is 1. The number of carbonyl (C=O) groups excluding carboxylic acids is 3. The molecule has 5 atom stereocenters. The van der Waals surface area contributed by atoms with Crippen molar-refractivity contribution in [2.75, 3.05) is 13.1 Å². The molecule has 2 heterocycles. The predicted molar refractivity (Wildman–Crippen MR) is 128 cm³/mol. The number of phenols is 1. The summed E-state index contributed by atoms with van der Waals surface area (Å²) >= 11 is 0. The van der Waals surface area contributed by atoms with Crippen LogP contribution >= 0.6 is 0 Å². The Morgan fingerprint density at radius 1 is 1.03 bits per heavy atom. The van der Waals surface area contributed by atoms with Gasteiger partial charge >= 0.3 is 5.97 Å². The second-order valence-corrected chi connectivity index (χ2v) is 9.57. The van der Waals surface area contributed by atoms with Gasteiger partial charge in [0, 0.05) is 13.1 Å². The van der Waals surface area contributed by atoms with Crippen LogP contribution < -0.4 is 11.1 Å². The van der Waals surface area contributed by atoms with E-state index in [1.165, 1.54) is 21.9 Å². The fourth-order valence-corrected chi connectivity index (χ4v) is 4.89. The summed E-state index contributed by atoms with van der Waals surface area (Å²) in [6, 6.07) is 3.12. The maximum Gasteiger partial charge on any atom is 0.326 e. The molecule has 0 aromatic heterocycles. The third-order valence-electron chi connectivity index (χ3n) is 7.15. The molecule has 3 amide bonds. The van der Waals surface area contributed by atoms with Crippen molar-refractivity contribution in [1.29, 1.82) is 0 Å². The van der Waals surface area contributed by atoms with Crippen LogP contribution in [0.1, 0.15) is 51.5 Å². The zero-order valence-electron chi connectivity index (χ0n) is 20.4. The molecule has 5 N–H and O–H groups in total. The zero-order chi connectivity index (χ0) is 25.7. The van der Waals surface area contributed by atoms with Gasteiger partial charge in [0.2, 0.25) is 17.7 Å². The summed E-state index contributed by atoms with van der Waals surface area (Å²) in [4.78, 5) is 54.1. The first-order valence-corrected chi connectivity index (χ1v) is 12.3. The Morgan fingerprint density at radius 2 is 1.60 bits per heavy atom. The number of aliphatic carboxylic acids is 1. The van der Waals surface area contributed by atoms with Crippen LogP contribution in [-0.2, 0) is 25.6 Å². The van der Waals surface area contributed by atoms with Gasteiger partial charge in [0.15, 0.2) is 0 Å². The Labute approximate surface area is 205 Å². The van der Waals surface area contributed by atoms with Crippen LogP contribution in [0, 0.1) is 5.92 Å². The molecule has 2 aliphatic rings. The lowest BCUT2D eigenvalue weighted by Gasteiger charge is -2.32. The average Bonchev–Trinajstić information content (AvgIpc) is 3.52. The molecule has 2 aliphatic heterocycles. The smallest absolute Gasteiger partial charge is 0.326 e. The van der Waals surface area contributed by atoms with Gasteiger partial charge in [-0.3, -0.25) is 14.4 Å². The normalized spacial score (nSPS) is 22.5. The first kappa shape index (κ1) is 26.5. The number of nitrogens with two attached hydrogens (primary N) is 1. The van der Waals surface area contributed by atoms with Crippen LogP contribution in [0.5, 0.6) is 5.75 Å². The summed E-state index contributed by atoms with van der Waals surface area (Å²) in [5.41, 5.74) is 6.97. The summed E-state index contributed by atoms with van der Waals surface area (Å²) in [5, 5.41) is 21.8. The number of carboxylic acids is 1. The van der Waals surface area contributed by atoms with E-state index in [-0.39, 0.29) is 24.0 Å². The van der Waals surface area contributed by atoms with Gasteiger partial charge in [-0.05, 0) is 55.7 Å². The fraction of sp³-hybridized carbons (Fsp3) is 0.600. The summed E-state index contributed by atoms with van der Waals surface area (Å²) in [5.74, 6) is -2.27. The van der Waals surface area contributed by atoms with Gasteiger partial charge in [0.25, 0.3) is 0 Å². The molecular weight excluding hydrogens is 452 g/mol. The number of nitrogens with zero attached hydrogens (tertiary/aromatic N) is 2. The van der Waals surface area contributed by atoms with Gasteiger partial charge in [-0.15, -0.1) is 0 Å². The highest BCUT2D eigenvalue weighted by Crippen LogP contribution is 2.23. The molecule has 0 spiro atoms. The van der Waals surface area contributed by atoms with Crippen molar-refractivity contribution in [3.8, 4) is 5.75 Å². The van der Waals surface area contributed by atoms with Gasteiger partial charge in [-0.2, -0.15) is 0 Å². The van der Waals surface area contributed by atoms with Crippen molar-refractivity contribution in [2.45, 2.75) is 76.5 Å². The Balaban J connectivity index is 1.69. The molecule has 0 saturated carbocycles. The lowest BCUT2D eigenvalue weighted by atomic mass is 9.96. The summed E-state index contributed by atoms with van der Waals surface area (Å²) in [6.07, 6.45) is 2.99. The number of phenolic OH excluding ortho intramolecular Hbond substituents is 1. The Bertz CT molecular complexity index is 936. The predicted octanol–water partition coefficient (Wildman–Crippen LogP) is 0.860. The molecule has 10 nitrogen and oxygen atoms in total. The monoisotopic (exact) mass is 488 g/mol. The SMILES string of the molecule is CCC(C)C(NC(=O)C1CCCN1C(=O)C(N)Cc1ccc(O)cc1)C(=O)N1CCCC1C(=O)O. The van der Waals surface area contributed by atoms with E-state index in [9.17, 15) is 29.4 Å². The number of nitrogens with one attached hydrogen (secondary N) is 1. The van der Waals surface area contributed by atoms with Crippen LogP contribution in [0.3, 0.4) is 0 Å². The van der Waals surface area contributed by atoms with Crippen molar-refractivity contribution < 1.29 is 29.4 Å². The molecule has 1 aromatic carbocycles. The van der Waals surface area contributed by atoms with Gasteiger partial charge in [-0.1, -0.05) is 32.4 Å². The highest BCUT2D eigenvalue weighted by molar-refractivity contribution is 5.94. The number of amides is 3. The standard InChI is InChI=1S/C25H36N4O6/c1-3-15(2)21(24(33)29-13-5-7-20(29)25(34)35)27-22(31)19-6-4-12-28(19)23(32)18(26)14-16-8-10-17(30)11-9-16/h8-11,15,18-21,30H,3-7,12-14,26H2,1-2H3,(H,27,31)(H,34,35). The first-order chi connectivity index (χ1) is 16.6. The highest BCUT2D eigenvalue weighted by atomic mass is 16.4. The number of hydrogen-bond donors (Lipinski definition) is 4. The minimum atomic E-state index is -1.04. The lowest BCUT2D eigenvalue weighted by Crippen LogP contribution is -2.58. The third-order valence-corrected chi connectivity index (χ3v) is 7.15. The van der Waals surface area contributed by atoms with Crippen LogP contribution in [-0.4, -0.2) is 81.0 Å². The van der Waals surface area contributed by atoms with Gasteiger partial charge in [0.1, 0.15) is 23.9 Å². The van der Waals surface area contributed by atoms with E-state index in [2.05, 4.69) is 5.32 Å². The number of likely N-dealkylation sites (tertiary alicyclic amines) is 2. The molecule has 3 rings (SSSR count). The van der Waals surface area contributed by atoms with E-state index < -0.39 is 42.0 Å². The van der Waals surface area contributed by atoms with Crippen LogP contribution in [0.4, 0.5) is 0 Å². The van der Waals surface area contributed by atoms with E-state index in [0.717, 1.165) is 5.56 Å². The van der Waals surface area contributed by atoms with E-state index in [4.69, 9.17) is 5.73 Å². The molecule has 35 heavy (non-hydrogen) atoms. The van der Waals surface area contributed by atoms with Crippen molar-refractivity contribution in [1.82, 2.24) is 15.1 Å². The molecule has 10 heteroatoms.